The van der Waals surface area contributed by atoms with E-state index >= 15 is 0 Å². The molecule has 2 amide bonds. The number of aliphatic hydroxyl groups excluding tert-OH is 2. The molecule has 2 aliphatic rings. The van der Waals surface area contributed by atoms with Crippen molar-refractivity contribution in [3.63, 3.8) is 0 Å². The molecule has 0 aromatic carbocycles. The second kappa shape index (κ2) is 23.2. The predicted molar refractivity (Wildman–Crippen MR) is 224 cm³/mol. The van der Waals surface area contributed by atoms with Gasteiger partial charge in [0.15, 0.2) is 12.2 Å². The summed E-state index contributed by atoms with van der Waals surface area (Å²) in [5.74, 6) is -7.37. The fraction of sp³-hybridized carbons (Fsp3) is 0.778. The zero-order valence-electron chi connectivity index (χ0n) is 35.1. The number of alkyl halides is 1. The standard InChI is InChI=1S/C36H55IN2O18S3/c1-16(40)38-26-24(52-18(3)42)12-35(32(48)50-10,56-30(26)28(22(46)14-37)54-20(5)44)58-15-23(47)29(55-21(6)45)31-27(39-17(2)41)25(53-19(4)43)13-36(57-31,33(49)51-11)60-59-34(7,8)9/h22-31,46-47H,12-15H2,1-11H3,(H,38,40)(H,39,41)/t22-,23+,24+,25+,26-,27-,28+,29+,30-,31-,35+,36+/m1/s1. The Bertz CT molecular complexity index is 1590. The number of nitrogens with one attached hydrogen (secondary N) is 2. The maximum atomic E-state index is 13.9. The molecule has 2 rings (SSSR count). The molecule has 4 N–H and O–H groups in total. The quantitative estimate of drug-likeness (QED) is 0.0492. The monoisotopic (exact) mass is 1030 g/mol. The molecule has 342 valence electrons. The van der Waals surface area contributed by atoms with E-state index in [4.69, 9.17) is 37.9 Å². The van der Waals surface area contributed by atoms with Crippen LogP contribution in [0.1, 0.15) is 75.2 Å². The summed E-state index contributed by atoms with van der Waals surface area (Å²) in [6.45, 7) is 12.2. The molecule has 0 aromatic heterocycles. The van der Waals surface area contributed by atoms with E-state index in [9.17, 15) is 48.6 Å². The fourth-order valence-corrected chi connectivity index (χ4v) is 10.8. The third kappa shape index (κ3) is 15.0. The lowest BCUT2D eigenvalue weighted by Gasteiger charge is -2.49. The minimum Gasteiger partial charge on any atom is -0.466 e. The van der Waals surface area contributed by atoms with Gasteiger partial charge in [0, 0.05) is 69.3 Å². The van der Waals surface area contributed by atoms with Crippen LogP contribution in [0.5, 0.6) is 0 Å². The largest absolute Gasteiger partial charge is 0.466 e. The molecular formula is C36H55IN2O18S3. The maximum absolute atomic E-state index is 13.9. The van der Waals surface area contributed by atoms with Crippen molar-refractivity contribution in [2.75, 3.05) is 24.4 Å². The van der Waals surface area contributed by atoms with Crippen LogP contribution in [-0.2, 0) is 76.3 Å². The van der Waals surface area contributed by atoms with Crippen LogP contribution in [0.3, 0.4) is 0 Å². The van der Waals surface area contributed by atoms with Gasteiger partial charge in [-0.2, -0.15) is 0 Å². The first-order chi connectivity index (χ1) is 27.7. The number of hydrogen-bond donors (Lipinski definition) is 4. The van der Waals surface area contributed by atoms with Crippen molar-refractivity contribution in [3.8, 4) is 0 Å². The highest BCUT2D eigenvalue weighted by Gasteiger charge is 2.61. The molecule has 0 aromatic rings. The van der Waals surface area contributed by atoms with Gasteiger partial charge < -0.3 is 58.7 Å². The lowest BCUT2D eigenvalue weighted by molar-refractivity contribution is -0.218. The molecule has 2 aliphatic heterocycles. The first-order valence-corrected chi connectivity index (χ1v) is 23.1. The number of thioether (sulfide) groups is 1. The molecular weight excluding hydrogens is 971 g/mol. The summed E-state index contributed by atoms with van der Waals surface area (Å²) in [6, 6.07) is -2.67. The van der Waals surface area contributed by atoms with E-state index in [1.54, 1.807) is 0 Å². The summed E-state index contributed by atoms with van der Waals surface area (Å²) in [5, 5.41) is 28.4. The smallest absolute Gasteiger partial charge is 0.349 e. The predicted octanol–water partition coefficient (Wildman–Crippen LogP) is 1.11. The van der Waals surface area contributed by atoms with Gasteiger partial charge in [-0.15, -0.1) is 11.8 Å². The van der Waals surface area contributed by atoms with E-state index in [0.29, 0.717) is 11.8 Å². The van der Waals surface area contributed by atoms with Crippen molar-refractivity contribution in [1.82, 2.24) is 10.6 Å². The van der Waals surface area contributed by atoms with Crippen LogP contribution in [0.15, 0.2) is 0 Å². The van der Waals surface area contributed by atoms with Gasteiger partial charge >= 0.3 is 35.8 Å². The molecule has 24 heteroatoms. The van der Waals surface area contributed by atoms with E-state index in [0.717, 1.165) is 66.6 Å². The summed E-state index contributed by atoms with van der Waals surface area (Å²) < 4.78 is 45.0. The van der Waals surface area contributed by atoms with Gasteiger partial charge in [0.1, 0.15) is 36.6 Å². The molecule has 0 saturated carbocycles. The minimum atomic E-state index is -2.26. The van der Waals surface area contributed by atoms with E-state index < -0.39 is 135 Å². The van der Waals surface area contributed by atoms with Crippen LogP contribution in [-0.4, -0.2) is 158 Å². The van der Waals surface area contributed by atoms with Gasteiger partial charge in [-0.3, -0.25) is 28.8 Å². The SMILES string of the molecule is COC(=O)[C@@]1(SC[C@H](O)[C@H](OC(C)=O)[C@@H]2O[C@@](SSC(C)(C)C)(C(=O)OC)C[C@H](OC(C)=O)[C@H]2NC(C)=O)C[C@H](OC(C)=O)[C@@H](NC(C)=O)[C@H]([C@@H](OC(C)=O)[C@H](O)CI)O1. The highest BCUT2D eigenvalue weighted by molar-refractivity contribution is 14.1. The second-order valence-electron chi connectivity index (χ2n) is 14.8. The van der Waals surface area contributed by atoms with Gasteiger partial charge in [0.2, 0.25) is 21.7 Å². The van der Waals surface area contributed by atoms with Crippen LogP contribution < -0.4 is 10.6 Å². The second-order valence-corrected chi connectivity index (χ2v) is 20.2. The maximum Gasteiger partial charge on any atom is 0.349 e. The lowest BCUT2D eigenvalue weighted by atomic mass is 9.89. The Kier molecular flexibility index (Phi) is 20.7. The Balaban J connectivity index is 2.84. The number of esters is 6. The van der Waals surface area contributed by atoms with Gasteiger partial charge in [-0.1, -0.05) is 54.2 Å². The highest BCUT2D eigenvalue weighted by atomic mass is 127. The summed E-state index contributed by atoms with van der Waals surface area (Å²) >= 11 is 2.39. The van der Waals surface area contributed by atoms with Gasteiger partial charge in [0.05, 0.1) is 26.3 Å². The average molecular weight is 1030 g/mol. The van der Waals surface area contributed by atoms with Crippen molar-refractivity contribution in [2.24, 2.45) is 0 Å². The summed E-state index contributed by atoms with van der Waals surface area (Å²) in [5.41, 5.74) is 0. The first-order valence-electron chi connectivity index (χ1n) is 18.4. The van der Waals surface area contributed by atoms with Crippen molar-refractivity contribution in [2.45, 2.75) is 151 Å². The van der Waals surface area contributed by atoms with Crippen LogP contribution in [0.4, 0.5) is 0 Å². The summed E-state index contributed by atoms with van der Waals surface area (Å²) in [6.07, 6.45) is -13.6. The Morgan fingerprint density at radius 3 is 1.47 bits per heavy atom. The number of halogens is 1. The molecule has 2 saturated heterocycles. The Morgan fingerprint density at radius 2 is 1.10 bits per heavy atom. The van der Waals surface area contributed by atoms with Crippen LogP contribution >= 0.6 is 55.9 Å². The van der Waals surface area contributed by atoms with E-state index in [-0.39, 0.29) is 10.8 Å². The number of ether oxygens (including phenoxy) is 8. The van der Waals surface area contributed by atoms with Crippen LogP contribution in [0.25, 0.3) is 0 Å². The summed E-state index contributed by atoms with van der Waals surface area (Å²) in [4.78, 5) is 98.5. The number of amides is 2. The van der Waals surface area contributed by atoms with Crippen LogP contribution in [0.2, 0.25) is 0 Å². The average Bonchev–Trinajstić information content (AvgIpc) is 3.13. The van der Waals surface area contributed by atoms with E-state index in [1.807, 2.05) is 43.4 Å². The van der Waals surface area contributed by atoms with E-state index in [2.05, 4.69) is 10.6 Å². The Morgan fingerprint density at radius 1 is 0.700 bits per heavy atom. The van der Waals surface area contributed by atoms with Crippen molar-refractivity contribution < 1.29 is 86.5 Å². The summed E-state index contributed by atoms with van der Waals surface area (Å²) in [7, 11) is 4.27. The molecule has 2 heterocycles. The Hall–Kier alpha value is -2.62. The molecule has 0 bridgehead atoms. The molecule has 60 heavy (non-hydrogen) atoms. The molecule has 20 nitrogen and oxygen atoms in total. The molecule has 2 fully saturated rings. The molecule has 0 aliphatic carbocycles. The zero-order valence-corrected chi connectivity index (χ0v) is 39.7. The number of carbonyl (C=O) groups excluding carboxylic acids is 8. The number of rotatable bonds is 18. The van der Waals surface area contributed by atoms with E-state index in [1.165, 1.54) is 10.8 Å². The van der Waals surface area contributed by atoms with Gasteiger partial charge in [0.25, 0.3) is 0 Å². The third-order valence-corrected chi connectivity index (χ3v) is 14.7. The highest BCUT2D eigenvalue weighted by Crippen LogP contribution is 2.51. The number of hydrogen-bond acceptors (Lipinski definition) is 21. The number of carbonyl (C=O) groups is 8. The van der Waals surface area contributed by atoms with Gasteiger partial charge in [-0.05, 0) is 10.8 Å². The normalized spacial score (nSPS) is 28.6. The number of methoxy groups -OCH3 is 2. The lowest BCUT2D eigenvalue weighted by Crippen LogP contribution is -2.68. The van der Waals surface area contributed by atoms with Crippen molar-refractivity contribution >= 4 is 104 Å². The first kappa shape index (κ1) is 53.5. The minimum absolute atomic E-state index is 0.0352. The molecule has 0 spiro atoms. The fourth-order valence-electron chi connectivity index (χ4n) is 6.43. The molecule has 0 unspecified atom stereocenters. The van der Waals surface area contributed by atoms with Gasteiger partial charge in [-0.25, -0.2) is 9.59 Å². The van der Waals surface area contributed by atoms with Crippen LogP contribution in [0, 0.1) is 0 Å². The molecule has 12 atom stereocenters. The van der Waals surface area contributed by atoms with Crippen molar-refractivity contribution in [3.05, 3.63) is 0 Å². The zero-order chi connectivity index (χ0) is 45.9. The third-order valence-electron chi connectivity index (χ3n) is 8.55. The van der Waals surface area contributed by atoms with Crippen molar-refractivity contribution in [1.29, 1.82) is 0 Å². The Labute approximate surface area is 373 Å². The number of aliphatic hydroxyl groups is 2. The molecule has 0 radical (unpaired) electrons. The topological polar surface area (TPSA) is 275 Å².